The van der Waals surface area contributed by atoms with Crippen LogP contribution in [0.5, 0.6) is 0 Å². The maximum atomic E-state index is 12.9. The predicted molar refractivity (Wildman–Crippen MR) is 130 cm³/mol. The number of carbonyl (C=O) groups is 1. The van der Waals surface area contributed by atoms with Gasteiger partial charge < -0.3 is 5.32 Å². The van der Waals surface area contributed by atoms with Gasteiger partial charge in [-0.05, 0) is 57.0 Å². The fourth-order valence-electron chi connectivity index (χ4n) is 3.82. The second kappa shape index (κ2) is 9.35. The lowest BCUT2D eigenvalue weighted by molar-refractivity contribution is -0.113. The van der Waals surface area contributed by atoms with E-state index >= 15 is 0 Å². The van der Waals surface area contributed by atoms with E-state index in [-0.39, 0.29) is 11.7 Å². The van der Waals surface area contributed by atoms with E-state index in [9.17, 15) is 10.1 Å². The van der Waals surface area contributed by atoms with E-state index in [2.05, 4.69) is 27.6 Å². The van der Waals surface area contributed by atoms with Crippen LogP contribution in [0.4, 0.5) is 5.82 Å². The Morgan fingerprint density at radius 3 is 2.58 bits per heavy atom. The third-order valence-corrected chi connectivity index (χ3v) is 6.50. The molecule has 1 amide bonds. The summed E-state index contributed by atoms with van der Waals surface area (Å²) < 4.78 is 3.79. The molecule has 8 heteroatoms. The highest BCUT2D eigenvalue weighted by molar-refractivity contribution is 7.99. The Morgan fingerprint density at radius 2 is 1.88 bits per heavy atom. The minimum atomic E-state index is -0.221. The van der Waals surface area contributed by atoms with Gasteiger partial charge in [0.1, 0.15) is 18.2 Å². The van der Waals surface area contributed by atoms with Crippen LogP contribution in [0, 0.1) is 39.0 Å². The summed E-state index contributed by atoms with van der Waals surface area (Å²) in [5.41, 5.74) is 6.37. The van der Waals surface area contributed by atoms with E-state index in [1.807, 2.05) is 79.3 Å². The first-order valence-corrected chi connectivity index (χ1v) is 11.5. The molecular weight excluding hydrogens is 432 g/mol. The minimum absolute atomic E-state index is 0.131. The summed E-state index contributed by atoms with van der Waals surface area (Å²) in [5.74, 6) is 0.397. The van der Waals surface area contributed by atoms with Crippen LogP contribution in [0.25, 0.3) is 11.4 Å². The Labute approximate surface area is 197 Å². The number of para-hydroxylation sites is 1. The number of aryl methyl sites for hydroxylation is 2. The molecule has 4 aromatic rings. The third-order valence-electron chi connectivity index (χ3n) is 5.56. The number of nitrogens with one attached hydrogen (secondary N) is 1. The van der Waals surface area contributed by atoms with Crippen molar-refractivity contribution in [3.8, 4) is 17.4 Å². The number of anilines is 1. The average molecular weight is 457 g/mol. The van der Waals surface area contributed by atoms with Gasteiger partial charge in [0.05, 0.1) is 17.0 Å². The second-order valence-corrected chi connectivity index (χ2v) is 8.77. The highest BCUT2D eigenvalue weighted by Crippen LogP contribution is 2.30. The zero-order valence-electron chi connectivity index (χ0n) is 19.0. The largest absolute Gasteiger partial charge is 0.310 e. The maximum Gasteiger partial charge on any atom is 0.236 e. The van der Waals surface area contributed by atoms with Gasteiger partial charge in [-0.1, -0.05) is 47.7 Å². The maximum absolute atomic E-state index is 12.9. The first-order valence-electron chi connectivity index (χ1n) is 10.5. The van der Waals surface area contributed by atoms with E-state index in [0.717, 1.165) is 28.2 Å². The molecule has 0 bridgehead atoms. The fourth-order valence-corrected chi connectivity index (χ4v) is 4.54. The predicted octanol–water partition coefficient (Wildman–Crippen LogP) is 4.89. The number of thioether (sulfide) groups is 1. The number of nitrogens with zero attached hydrogens (tertiary/aromatic N) is 5. The van der Waals surface area contributed by atoms with E-state index in [1.165, 1.54) is 17.3 Å². The molecule has 0 aliphatic carbocycles. The van der Waals surface area contributed by atoms with Crippen LogP contribution >= 0.6 is 11.8 Å². The molecule has 0 aliphatic heterocycles. The molecule has 2 aromatic heterocycles. The molecule has 0 saturated carbocycles. The smallest absolute Gasteiger partial charge is 0.236 e. The van der Waals surface area contributed by atoms with Crippen molar-refractivity contribution in [3.63, 3.8) is 0 Å². The van der Waals surface area contributed by atoms with Crippen molar-refractivity contribution in [3.05, 3.63) is 82.8 Å². The van der Waals surface area contributed by atoms with Crippen molar-refractivity contribution in [2.75, 3.05) is 11.1 Å². The highest BCUT2D eigenvalue weighted by atomic mass is 32.2. The molecule has 166 valence electrons. The van der Waals surface area contributed by atoms with Gasteiger partial charge in [0.25, 0.3) is 0 Å². The molecule has 33 heavy (non-hydrogen) atoms. The number of carbonyl (C=O) groups excluding carboxylic acids is 1. The first-order chi connectivity index (χ1) is 15.9. The van der Waals surface area contributed by atoms with Crippen LogP contribution in [-0.2, 0) is 4.79 Å². The van der Waals surface area contributed by atoms with Gasteiger partial charge in [-0.2, -0.15) is 5.26 Å². The Bertz CT molecular complexity index is 1360. The van der Waals surface area contributed by atoms with Gasteiger partial charge in [-0.25, -0.2) is 0 Å². The molecule has 0 spiro atoms. The van der Waals surface area contributed by atoms with Crippen molar-refractivity contribution < 1.29 is 4.79 Å². The molecule has 4 rings (SSSR count). The summed E-state index contributed by atoms with van der Waals surface area (Å²) >= 11 is 1.30. The van der Waals surface area contributed by atoms with Gasteiger partial charge in [-0.15, -0.1) is 10.2 Å². The van der Waals surface area contributed by atoms with Gasteiger partial charge in [0.15, 0.2) is 5.16 Å². The molecule has 0 atom stereocenters. The molecule has 2 heterocycles. The summed E-state index contributed by atoms with van der Waals surface area (Å²) in [6.45, 7) is 7.92. The number of aromatic nitrogens is 4. The molecule has 7 nitrogen and oxygen atoms in total. The summed E-state index contributed by atoms with van der Waals surface area (Å²) in [4.78, 5) is 12.9. The fraction of sp³-hybridized carbons (Fsp3) is 0.200. The van der Waals surface area contributed by atoms with Crippen LogP contribution < -0.4 is 5.32 Å². The van der Waals surface area contributed by atoms with Crippen molar-refractivity contribution in [1.82, 2.24) is 19.3 Å². The van der Waals surface area contributed by atoms with E-state index in [1.54, 1.807) is 6.33 Å². The summed E-state index contributed by atoms with van der Waals surface area (Å²) in [6, 6.07) is 18.1. The van der Waals surface area contributed by atoms with Gasteiger partial charge in [0, 0.05) is 11.4 Å². The number of nitriles is 1. The molecule has 0 aliphatic rings. The molecule has 2 aromatic carbocycles. The third kappa shape index (κ3) is 4.41. The molecule has 0 saturated heterocycles. The second-order valence-electron chi connectivity index (χ2n) is 7.83. The Balaban J connectivity index is 1.57. The molecule has 1 N–H and O–H groups in total. The van der Waals surface area contributed by atoms with Gasteiger partial charge >= 0.3 is 0 Å². The zero-order valence-corrected chi connectivity index (χ0v) is 19.8. The summed E-state index contributed by atoms with van der Waals surface area (Å²) in [6.07, 6.45) is 1.65. The lowest BCUT2D eigenvalue weighted by Gasteiger charge is -2.13. The molecular formula is C25H24N6OS. The van der Waals surface area contributed by atoms with Crippen LogP contribution in [0.3, 0.4) is 0 Å². The first kappa shape index (κ1) is 22.4. The van der Waals surface area contributed by atoms with Crippen LogP contribution in [0.2, 0.25) is 0 Å². The molecule has 0 radical (unpaired) electrons. The Morgan fingerprint density at radius 1 is 1.12 bits per heavy atom. The average Bonchev–Trinajstić information content (AvgIpc) is 3.35. The summed E-state index contributed by atoms with van der Waals surface area (Å²) in [5, 5.41) is 21.5. The standard InChI is InChI=1S/C25H24N6OS/c1-16-10-11-22(17(2)12-16)30-15-27-29-25(30)33-14-23(32)28-24-21(13-26)18(3)19(4)31(24)20-8-6-5-7-9-20/h5-12,15H,14H2,1-4H3,(H,28,32). The minimum Gasteiger partial charge on any atom is -0.310 e. The zero-order chi connectivity index (χ0) is 23.5. The van der Waals surface area contributed by atoms with Gasteiger partial charge in [-0.3, -0.25) is 13.9 Å². The van der Waals surface area contributed by atoms with Crippen molar-refractivity contribution in [1.29, 1.82) is 5.26 Å². The number of hydrogen-bond donors (Lipinski definition) is 1. The molecule has 0 unspecified atom stereocenters. The Kier molecular flexibility index (Phi) is 6.33. The van der Waals surface area contributed by atoms with Crippen LogP contribution in [0.1, 0.15) is 27.9 Å². The van der Waals surface area contributed by atoms with E-state index < -0.39 is 0 Å². The lowest BCUT2D eigenvalue weighted by Crippen LogP contribution is -2.18. The normalized spacial score (nSPS) is 10.8. The number of rotatable bonds is 6. The quantitative estimate of drug-likeness (QED) is 0.417. The van der Waals surface area contributed by atoms with Gasteiger partial charge in [0.2, 0.25) is 5.91 Å². The number of amides is 1. The number of hydrogen-bond acceptors (Lipinski definition) is 5. The van der Waals surface area contributed by atoms with Crippen molar-refractivity contribution >= 4 is 23.5 Å². The Hall–Kier alpha value is -3.83. The number of benzene rings is 2. The topological polar surface area (TPSA) is 88.5 Å². The monoisotopic (exact) mass is 456 g/mol. The van der Waals surface area contributed by atoms with Crippen LogP contribution in [-0.4, -0.2) is 31.0 Å². The SMILES string of the molecule is Cc1ccc(-n2cnnc2SCC(=O)Nc2c(C#N)c(C)c(C)n2-c2ccccc2)c(C)c1. The molecule has 0 fully saturated rings. The van der Waals surface area contributed by atoms with E-state index in [4.69, 9.17) is 0 Å². The lowest BCUT2D eigenvalue weighted by atomic mass is 10.1. The van der Waals surface area contributed by atoms with E-state index in [0.29, 0.717) is 16.5 Å². The summed E-state index contributed by atoms with van der Waals surface area (Å²) in [7, 11) is 0. The van der Waals surface area contributed by atoms with Crippen molar-refractivity contribution in [2.45, 2.75) is 32.9 Å². The van der Waals surface area contributed by atoms with Crippen LogP contribution in [0.15, 0.2) is 60.0 Å². The van der Waals surface area contributed by atoms with Crippen molar-refractivity contribution in [2.24, 2.45) is 0 Å². The highest BCUT2D eigenvalue weighted by Gasteiger charge is 2.21.